The summed E-state index contributed by atoms with van der Waals surface area (Å²) in [5, 5.41) is 7.56. The average Bonchev–Trinajstić information content (AvgIpc) is 3.28. The van der Waals surface area contributed by atoms with Crippen molar-refractivity contribution < 1.29 is 23.2 Å². The zero-order valence-electron chi connectivity index (χ0n) is 23.1. The van der Waals surface area contributed by atoms with E-state index in [9.17, 15) is 18.8 Å². The third-order valence-corrected chi connectivity index (χ3v) is 8.28. The molecule has 42 heavy (non-hydrogen) atoms. The summed E-state index contributed by atoms with van der Waals surface area (Å²) in [6, 6.07) is 1.06. The molecule has 14 heteroatoms. The number of aromatic nitrogens is 6. The van der Waals surface area contributed by atoms with Gasteiger partial charge in [-0.1, -0.05) is 0 Å². The number of hydrogen-bond acceptors (Lipinski definition) is 8. The van der Waals surface area contributed by atoms with E-state index in [2.05, 4.69) is 46.3 Å². The molecule has 0 aromatic carbocycles. The van der Waals surface area contributed by atoms with E-state index in [4.69, 9.17) is 0 Å². The number of nitrogens with one attached hydrogen (secondary N) is 1. The number of Topliss-reactive ketones (excluding diaryl/α,β-unsaturated/α-hetero) is 1. The van der Waals surface area contributed by atoms with Gasteiger partial charge in [-0.15, -0.1) is 0 Å². The molecule has 0 radical (unpaired) electrons. The number of alkyl halides is 1. The summed E-state index contributed by atoms with van der Waals surface area (Å²) in [5.74, 6) is -1.34. The number of nitrogens with zero attached hydrogens (tertiary/aromatic N) is 7. The third kappa shape index (κ3) is 4.72. The Balaban J connectivity index is 1.31. The Morgan fingerprint density at radius 1 is 1.12 bits per heavy atom. The molecule has 2 fully saturated rings. The second-order valence-corrected chi connectivity index (χ2v) is 11.5. The predicted molar refractivity (Wildman–Crippen MR) is 151 cm³/mol. The smallest absolute Gasteiger partial charge is 0.248 e. The highest BCUT2D eigenvalue weighted by molar-refractivity contribution is 9.10. The van der Waals surface area contributed by atoms with E-state index in [1.54, 1.807) is 39.2 Å². The lowest BCUT2D eigenvalue weighted by Gasteiger charge is -2.26. The van der Waals surface area contributed by atoms with Crippen LogP contribution in [0.4, 0.5) is 14.6 Å². The summed E-state index contributed by atoms with van der Waals surface area (Å²) in [6.07, 6.45) is 3.23. The van der Waals surface area contributed by atoms with Crippen molar-refractivity contribution in [2.45, 2.75) is 64.8 Å². The van der Waals surface area contributed by atoms with Crippen LogP contribution < -0.4 is 5.32 Å². The van der Waals surface area contributed by atoms with Crippen molar-refractivity contribution in [2.75, 3.05) is 5.32 Å². The van der Waals surface area contributed by atoms with Crippen LogP contribution in [-0.4, -0.2) is 70.0 Å². The summed E-state index contributed by atoms with van der Waals surface area (Å²) in [5.41, 5.74) is 1.05. The number of hydrogen-bond donors (Lipinski definition) is 1. The number of rotatable bonds is 6. The Hall–Kier alpha value is -4.20. The van der Waals surface area contributed by atoms with Crippen LogP contribution in [0.25, 0.3) is 22.2 Å². The van der Waals surface area contributed by atoms with Crippen molar-refractivity contribution in [3.8, 4) is 11.3 Å². The van der Waals surface area contributed by atoms with Crippen LogP contribution in [0.3, 0.4) is 0 Å². The predicted octanol–water partition coefficient (Wildman–Crippen LogP) is 4.03. The number of pyridine rings is 2. The number of halogens is 3. The first-order valence-corrected chi connectivity index (χ1v) is 14.0. The Bertz CT molecular complexity index is 1810. The van der Waals surface area contributed by atoms with Gasteiger partial charge in [0.25, 0.3) is 0 Å². The van der Waals surface area contributed by atoms with E-state index in [1.807, 2.05) is 0 Å². The quantitative estimate of drug-likeness (QED) is 0.247. The van der Waals surface area contributed by atoms with Crippen LogP contribution in [0.5, 0.6) is 0 Å². The van der Waals surface area contributed by atoms with E-state index in [1.165, 1.54) is 22.6 Å². The molecule has 5 heterocycles. The molecule has 1 saturated carbocycles. The van der Waals surface area contributed by atoms with Crippen molar-refractivity contribution in [1.82, 2.24) is 34.6 Å². The van der Waals surface area contributed by atoms with E-state index in [-0.39, 0.29) is 41.3 Å². The molecule has 0 spiro atoms. The van der Waals surface area contributed by atoms with Gasteiger partial charge in [-0.05, 0) is 54.4 Å². The van der Waals surface area contributed by atoms with E-state index < -0.39 is 35.4 Å². The van der Waals surface area contributed by atoms with Gasteiger partial charge in [-0.2, -0.15) is 5.10 Å². The maximum Gasteiger partial charge on any atom is 0.248 e. The summed E-state index contributed by atoms with van der Waals surface area (Å²) in [7, 11) is 0. The Morgan fingerprint density at radius 3 is 2.52 bits per heavy atom. The standard InChI is InChI=1S/C28H25BrF2N8O3/c1-12-5-18(30)25(29)35-26(12)36-27(42)20-7-28(31)8-21(28)39(20)22(41)11-38-24-13(2)34-19(16-9-32-15(4)33-10-16)6-17(24)23(37-38)14(3)40/h5-6,9-10,20-21H,7-8,11H2,1-4H3,(H,35,36,42)/t20-,21+,28+/m0/s1. The molecule has 2 aliphatic rings. The molecule has 0 unspecified atom stereocenters. The monoisotopic (exact) mass is 638 g/mol. The SMILES string of the molecule is CC(=O)c1nn(CC(=O)N2[C@H](C(=O)Nc3nc(Br)c(F)cc3C)C[C@@]3(F)C[C@@H]23)c2c(C)nc(-c3cnc(C)nc3)cc12. The Kier molecular flexibility index (Phi) is 6.63. The average molecular weight is 639 g/mol. The number of aryl methyl sites for hydroxylation is 3. The zero-order valence-corrected chi connectivity index (χ0v) is 24.7. The molecule has 1 aliphatic carbocycles. The fourth-order valence-corrected chi connectivity index (χ4v) is 5.86. The number of ketones is 1. The first-order valence-electron chi connectivity index (χ1n) is 13.2. The van der Waals surface area contributed by atoms with Crippen LogP contribution in [0.1, 0.15) is 47.3 Å². The number of carbonyl (C=O) groups excluding carboxylic acids is 3. The molecular formula is C28H25BrF2N8O3. The normalized spacial score (nSPS) is 21.0. The minimum atomic E-state index is -1.66. The number of amides is 2. The second kappa shape index (κ2) is 9.96. The largest absolute Gasteiger partial charge is 0.323 e. The highest BCUT2D eigenvalue weighted by atomic mass is 79.9. The van der Waals surface area contributed by atoms with Crippen molar-refractivity contribution in [2.24, 2.45) is 0 Å². The first kappa shape index (κ1) is 27.9. The fraction of sp³-hybridized carbons (Fsp3) is 0.357. The van der Waals surface area contributed by atoms with Crippen LogP contribution >= 0.6 is 15.9 Å². The number of carbonyl (C=O) groups is 3. The molecule has 4 aromatic heterocycles. The van der Waals surface area contributed by atoms with Crippen molar-refractivity contribution >= 4 is 50.2 Å². The van der Waals surface area contributed by atoms with E-state index in [0.717, 1.165) is 0 Å². The highest BCUT2D eigenvalue weighted by Gasteiger charge is 2.68. The van der Waals surface area contributed by atoms with Gasteiger partial charge in [-0.3, -0.25) is 24.0 Å². The summed E-state index contributed by atoms with van der Waals surface area (Å²) < 4.78 is 30.4. The fourth-order valence-electron chi connectivity index (χ4n) is 5.57. The molecule has 4 aromatic rings. The first-order chi connectivity index (χ1) is 19.9. The van der Waals surface area contributed by atoms with Gasteiger partial charge in [0.15, 0.2) is 11.6 Å². The number of likely N-dealkylation sites (tertiary alicyclic amines) is 1. The van der Waals surface area contributed by atoms with Gasteiger partial charge in [0.05, 0.1) is 22.9 Å². The minimum absolute atomic E-state index is 0.0820. The molecule has 216 valence electrons. The molecule has 2 amide bonds. The number of fused-ring (bicyclic) bond motifs is 2. The van der Waals surface area contributed by atoms with Crippen molar-refractivity contribution in [3.05, 3.63) is 57.7 Å². The molecule has 1 N–H and O–H groups in total. The van der Waals surface area contributed by atoms with Crippen LogP contribution in [-0.2, 0) is 16.1 Å². The molecule has 1 saturated heterocycles. The second-order valence-electron chi connectivity index (χ2n) is 10.8. The Morgan fingerprint density at radius 2 is 1.83 bits per heavy atom. The number of anilines is 1. The molecule has 6 rings (SSSR count). The maximum atomic E-state index is 15.3. The topological polar surface area (TPSA) is 136 Å². The maximum absolute atomic E-state index is 15.3. The number of piperidine rings is 1. The summed E-state index contributed by atoms with van der Waals surface area (Å²) >= 11 is 3.00. The molecule has 0 bridgehead atoms. The van der Waals surface area contributed by atoms with Gasteiger partial charge in [0.1, 0.15) is 40.2 Å². The van der Waals surface area contributed by atoms with Gasteiger partial charge in [0.2, 0.25) is 11.8 Å². The highest BCUT2D eigenvalue weighted by Crippen LogP contribution is 2.55. The third-order valence-electron chi connectivity index (χ3n) is 7.73. The van der Waals surface area contributed by atoms with Crippen LogP contribution in [0, 0.1) is 26.6 Å². The van der Waals surface area contributed by atoms with E-state index in [0.29, 0.717) is 39.2 Å². The van der Waals surface area contributed by atoms with Crippen LogP contribution in [0.2, 0.25) is 0 Å². The summed E-state index contributed by atoms with van der Waals surface area (Å²) in [4.78, 5) is 57.9. The van der Waals surface area contributed by atoms with E-state index >= 15 is 4.39 Å². The van der Waals surface area contributed by atoms with Crippen molar-refractivity contribution in [3.63, 3.8) is 0 Å². The van der Waals surface area contributed by atoms with Gasteiger partial charge in [-0.25, -0.2) is 23.7 Å². The van der Waals surface area contributed by atoms with Gasteiger partial charge < -0.3 is 10.2 Å². The Labute approximate surface area is 246 Å². The summed E-state index contributed by atoms with van der Waals surface area (Å²) in [6.45, 7) is 6.12. The lowest BCUT2D eigenvalue weighted by molar-refractivity contribution is -0.138. The molecule has 1 aliphatic heterocycles. The molecular weight excluding hydrogens is 614 g/mol. The van der Waals surface area contributed by atoms with Crippen molar-refractivity contribution in [1.29, 1.82) is 0 Å². The lowest BCUT2D eigenvalue weighted by atomic mass is 10.1. The molecule has 3 atom stereocenters. The van der Waals surface area contributed by atoms with Gasteiger partial charge in [0, 0.05) is 43.1 Å². The van der Waals surface area contributed by atoms with Gasteiger partial charge >= 0.3 is 0 Å². The zero-order chi connectivity index (χ0) is 30.1. The minimum Gasteiger partial charge on any atom is -0.323 e. The lowest BCUT2D eigenvalue weighted by Crippen LogP contribution is -2.47. The van der Waals surface area contributed by atoms with Crippen LogP contribution in [0.15, 0.2) is 29.1 Å². The molecule has 11 nitrogen and oxygen atoms in total.